The maximum atomic E-state index is 5.88. The molecule has 0 aliphatic rings. The molecule has 0 unspecified atom stereocenters. The first kappa shape index (κ1) is 17.9. The van der Waals surface area contributed by atoms with Crippen LogP contribution < -0.4 is 4.74 Å². The molecule has 0 saturated heterocycles. The third-order valence-corrected chi connectivity index (χ3v) is 4.38. The first-order chi connectivity index (χ1) is 13.8. The standard InChI is InChI=1S/C22H18N4OS/c28-22-25-24-21(19-11-5-2-6-12-19)26(22)23-15-18-10-7-13-20(14-18)27-16-17-8-3-1-4-9-17/h1-15H,16H2,(H,25,28). The number of aromatic amines is 1. The summed E-state index contributed by atoms with van der Waals surface area (Å²) in [6, 6.07) is 27.6. The van der Waals surface area contributed by atoms with Crippen molar-refractivity contribution in [1.82, 2.24) is 14.9 Å². The molecule has 0 fully saturated rings. The molecule has 0 bridgehead atoms. The van der Waals surface area contributed by atoms with Crippen molar-refractivity contribution in [2.75, 3.05) is 0 Å². The normalized spacial score (nSPS) is 11.0. The van der Waals surface area contributed by atoms with Crippen LogP contribution in [0.3, 0.4) is 0 Å². The summed E-state index contributed by atoms with van der Waals surface area (Å²) < 4.78 is 7.93. The lowest BCUT2D eigenvalue weighted by Crippen LogP contribution is -1.97. The van der Waals surface area contributed by atoms with Gasteiger partial charge in [0.2, 0.25) is 4.77 Å². The number of hydrogen-bond donors (Lipinski definition) is 1. The molecular weight excluding hydrogens is 368 g/mol. The van der Waals surface area contributed by atoms with Gasteiger partial charge in [0.25, 0.3) is 0 Å². The molecule has 28 heavy (non-hydrogen) atoms. The second-order valence-corrected chi connectivity index (χ2v) is 6.51. The van der Waals surface area contributed by atoms with E-state index in [0.717, 1.165) is 22.4 Å². The first-order valence-electron chi connectivity index (χ1n) is 8.83. The van der Waals surface area contributed by atoms with Crippen molar-refractivity contribution in [3.8, 4) is 17.1 Å². The van der Waals surface area contributed by atoms with E-state index in [1.807, 2.05) is 84.9 Å². The lowest BCUT2D eigenvalue weighted by molar-refractivity contribution is 0.306. The second-order valence-electron chi connectivity index (χ2n) is 6.12. The maximum absolute atomic E-state index is 5.88. The fourth-order valence-corrected chi connectivity index (χ4v) is 2.90. The Balaban J connectivity index is 1.53. The van der Waals surface area contributed by atoms with Crippen molar-refractivity contribution in [2.45, 2.75) is 6.61 Å². The minimum Gasteiger partial charge on any atom is -0.489 e. The van der Waals surface area contributed by atoms with Crippen LogP contribution in [-0.4, -0.2) is 21.1 Å². The predicted octanol–water partition coefficient (Wildman–Crippen LogP) is 5.07. The molecule has 0 aliphatic heterocycles. The predicted molar refractivity (Wildman–Crippen MR) is 113 cm³/mol. The molecule has 4 rings (SSSR count). The molecule has 1 heterocycles. The Morgan fingerprint density at radius 2 is 1.71 bits per heavy atom. The lowest BCUT2D eigenvalue weighted by atomic mass is 10.2. The van der Waals surface area contributed by atoms with Gasteiger partial charge in [-0.2, -0.15) is 14.9 Å². The molecule has 0 amide bonds. The zero-order valence-corrected chi connectivity index (χ0v) is 15.8. The summed E-state index contributed by atoms with van der Waals surface area (Å²) in [6.45, 7) is 0.520. The van der Waals surface area contributed by atoms with Gasteiger partial charge in [-0.1, -0.05) is 72.8 Å². The third kappa shape index (κ3) is 4.24. The van der Waals surface area contributed by atoms with E-state index in [4.69, 9.17) is 17.0 Å². The van der Waals surface area contributed by atoms with E-state index in [0.29, 0.717) is 17.2 Å². The van der Waals surface area contributed by atoms with Gasteiger partial charge >= 0.3 is 0 Å². The van der Waals surface area contributed by atoms with Crippen LogP contribution in [-0.2, 0) is 6.61 Å². The minimum absolute atomic E-state index is 0.437. The molecule has 0 spiro atoms. The second kappa shape index (κ2) is 8.45. The van der Waals surface area contributed by atoms with Gasteiger partial charge in [0.05, 0.1) is 6.21 Å². The van der Waals surface area contributed by atoms with Gasteiger partial charge in [0.1, 0.15) is 12.4 Å². The number of hydrogen-bond acceptors (Lipinski definition) is 4. The van der Waals surface area contributed by atoms with Crippen molar-refractivity contribution < 1.29 is 4.74 Å². The van der Waals surface area contributed by atoms with E-state index in [9.17, 15) is 0 Å². The van der Waals surface area contributed by atoms with Crippen molar-refractivity contribution in [3.05, 3.63) is 101 Å². The molecule has 3 aromatic carbocycles. The summed E-state index contributed by atoms with van der Waals surface area (Å²) >= 11 is 5.32. The van der Waals surface area contributed by atoms with E-state index in [-0.39, 0.29) is 0 Å². The van der Waals surface area contributed by atoms with Crippen LogP contribution in [0.4, 0.5) is 0 Å². The highest BCUT2D eigenvalue weighted by molar-refractivity contribution is 7.71. The third-order valence-electron chi connectivity index (χ3n) is 4.11. The molecule has 0 aliphatic carbocycles. The zero-order valence-electron chi connectivity index (χ0n) is 15.0. The number of nitrogens with zero attached hydrogens (tertiary/aromatic N) is 3. The number of benzene rings is 3. The average molecular weight is 386 g/mol. The molecule has 1 N–H and O–H groups in total. The van der Waals surface area contributed by atoms with Gasteiger partial charge in [-0.15, -0.1) is 0 Å². The number of rotatable bonds is 6. The van der Waals surface area contributed by atoms with Crippen LogP contribution in [0.2, 0.25) is 0 Å². The highest BCUT2D eigenvalue weighted by Gasteiger charge is 2.07. The summed E-state index contributed by atoms with van der Waals surface area (Å²) in [5.74, 6) is 1.45. The lowest BCUT2D eigenvalue weighted by Gasteiger charge is -2.07. The fourth-order valence-electron chi connectivity index (χ4n) is 2.72. The van der Waals surface area contributed by atoms with E-state index in [1.165, 1.54) is 0 Å². The monoisotopic (exact) mass is 386 g/mol. The molecular formula is C22H18N4OS. The fraction of sp³-hybridized carbons (Fsp3) is 0.0455. The largest absolute Gasteiger partial charge is 0.489 e. The summed E-state index contributed by atoms with van der Waals surface area (Å²) in [7, 11) is 0. The molecule has 0 atom stereocenters. The molecule has 1 aromatic heterocycles. The SMILES string of the molecule is S=c1[nH]nc(-c2ccccc2)n1N=Cc1cccc(OCc2ccccc2)c1. The van der Waals surface area contributed by atoms with Crippen molar-refractivity contribution in [2.24, 2.45) is 5.10 Å². The van der Waals surface area contributed by atoms with Crippen LogP contribution in [0.5, 0.6) is 5.75 Å². The highest BCUT2D eigenvalue weighted by Crippen LogP contribution is 2.17. The van der Waals surface area contributed by atoms with Gasteiger partial charge in [-0.25, -0.2) is 5.10 Å². The van der Waals surface area contributed by atoms with Gasteiger partial charge in [-0.3, -0.25) is 0 Å². The smallest absolute Gasteiger partial charge is 0.216 e. The zero-order chi connectivity index (χ0) is 19.2. The van der Waals surface area contributed by atoms with E-state index in [2.05, 4.69) is 15.3 Å². The number of nitrogens with one attached hydrogen (secondary N) is 1. The van der Waals surface area contributed by atoms with Crippen molar-refractivity contribution in [1.29, 1.82) is 0 Å². The molecule has 4 aromatic rings. The number of ether oxygens (including phenoxy) is 1. The Hall–Kier alpha value is -3.51. The van der Waals surface area contributed by atoms with Crippen LogP contribution >= 0.6 is 12.2 Å². The maximum Gasteiger partial charge on any atom is 0.216 e. The quantitative estimate of drug-likeness (QED) is 0.372. The molecule has 0 radical (unpaired) electrons. The summed E-state index contributed by atoms with van der Waals surface area (Å²) in [4.78, 5) is 0. The Morgan fingerprint density at radius 1 is 0.964 bits per heavy atom. The van der Waals surface area contributed by atoms with Crippen LogP contribution in [0.15, 0.2) is 90.0 Å². The average Bonchev–Trinajstić information content (AvgIpc) is 3.13. The summed E-state index contributed by atoms with van der Waals surface area (Å²) in [6.07, 6.45) is 1.74. The minimum atomic E-state index is 0.437. The Kier molecular flexibility index (Phi) is 5.40. The van der Waals surface area contributed by atoms with Gasteiger partial charge in [0, 0.05) is 5.56 Å². The van der Waals surface area contributed by atoms with Crippen LogP contribution in [0.25, 0.3) is 11.4 Å². The molecule has 0 saturated carbocycles. The van der Waals surface area contributed by atoms with Crippen molar-refractivity contribution in [3.63, 3.8) is 0 Å². The Morgan fingerprint density at radius 3 is 2.50 bits per heavy atom. The Labute approximate surface area is 167 Å². The number of H-pyrrole nitrogens is 1. The molecule has 138 valence electrons. The Bertz CT molecular complexity index is 1130. The van der Waals surface area contributed by atoms with Crippen LogP contribution in [0.1, 0.15) is 11.1 Å². The van der Waals surface area contributed by atoms with Gasteiger partial charge in [0.15, 0.2) is 5.82 Å². The van der Waals surface area contributed by atoms with E-state index in [1.54, 1.807) is 10.9 Å². The number of aromatic nitrogens is 3. The topological polar surface area (TPSA) is 55.2 Å². The van der Waals surface area contributed by atoms with Gasteiger partial charge < -0.3 is 4.74 Å². The van der Waals surface area contributed by atoms with E-state index < -0.39 is 0 Å². The molecule has 6 heteroatoms. The molecule has 5 nitrogen and oxygen atoms in total. The van der Waals surface area contributed by atoms with Gasteiger partial charge in [-0.05, 0) is 35.5 Å². The summed E-state index contributed by atoms with van der Waals surface area (Å²) in [5, 5.41) is 11.6. The summed E-state index contributed by atoms with van der Waals surface area (Å²) in [5.41, 5.74) is 2.97. The van der Waals surface area contributed by atoms with Crippen molar-refractivity contribution >= 4 is 18.4 Å². The van der Waals surface area contributed by atoms with Crippen LogP contribution in [0, 0.1) is 4.77 Å². The first-order valence-corrected chi connectivity index (χ1v) is 9.24. The van der Waals surface area contributed by atoms with E-state index >= 15 is 0 Å². The highest BCUT2D eigenvalue weighted by atomic mass is 32.1.